The lowest BCUT2D eigenvalue weighted by Crippen LogP contribution is -2.43. The van der Waals surface area contributed by atoms with E-state index in [0.717, 1.165) is 25.9 Å². The third-order valence-electron chi connectivity index (χ3n) is 3.33. The van der Waals surface area contributed by atoms with E-state index < -0.39 is 11.4 Å². The fourth-order valence-corrected chi connectivity index (χ4v) is 2.22. The van der Waals surface area contributed by atoms with E-state index in [-0.39, 0.29) is 0 Å². The lowest BCUT2D eigenvalue weighted by molar-refractivity contribution is -0.149. The lowest BCUT2D eigenvalue weighted by Gasteiger charge is -2.32. The fourth-order valence-electron chi connectivity index (χ4n) is 2.22. The van der Waals surface area contributed by atoms with Gasteiger partial charge in [0.1, 0.15) is 0 Å². The maximum absolute atomic E-state index is 11.5. The molecular formula is C14H29NO4. The van der Waals surface area contributed by atoms with E-state index in [1.165, 1.54) is 0 Å². The topological polar surface area (TPSA) is 59.0 Å². The first-order chi connectivity index (χ1) is 9.00. The van der Waals surface area contributed by atoms with Crippen LogP contribution in [0.15, 0.2) is 0 Å². The predicted molar refractivity (Wildman–Crippen MR) is 75.5 cm³/mol. The summed E-state index contributed by atoms with van der Waals surface area (Å²) in [4.78, 5) is 13.6. The second kappa shape index (κ2) is 10.2. The maximum Gasteiger partial charge on any atom is 0.310 e. The van der Waals surface area contributed by atoms with E-state index in [1.807, 2.05) is 13.8 Å². The SMILES string of the molecule is CCCC(C)(CN(CCCOC)CCOC)C(=O)O. The van der Waals surface area contributed by atoms with Crippen LogP contribution in [-0.2, 0) is 14.3 Å². The Hall–Kier alpha value is -0.650. The van der Waals surface area contributed by atoms with E-state index in [1.54, 1.807) is 14.2 Å². The van der Waals surface area contributed by atoms with Crippen molar-refractivity contribution in [3.63, 3.8) is 0 Å². The van der Waals surface area contributed by atoms with E-state index in [9.17, 15) is 9.90 Å². The number of hydrogen-bond donors (Lipinski definition) is 1. The first kappa shape index (κ1) is 18.4. The number of rotatable bonds is 12. The third kappa shape index (κ3) is 7.50. The first-order valence-electron chi connectivity index (χ1n) is 6.93. The molecule has 0 heterocycles. The zero-order valence-corrected chi connectivity index (χ0v) is 12.8. The van der Waals surface area contributed by atoms with Crippen molar-refractivity contribution in [2.45, 2.75) is 33.1 Å². The van der Waals surface area contributed by atoms with Crippen LogP contribution in [-0.4, -0.2) is 63.0 Å². The van der Waals surface area contributed by atoms with Crippen LogP contribution < -0.4 is 0 Å². The summed E-state index contributed by atoms with van der Waals surface area (Å²) < 4.78 is 10.1. The van der Waals surface area contributed by atoms with Crippen molar-refractivity contribution in [1.29, 1.82) is 0 Å². The van der Waals surface area contributed by atoms with Gasteiger partial charge in [-0.15, -0.1) is 0 Å². The molecule has 5 nitrogen and oxygen atoms in total. The van der Waals surface area contributed by atoms with Gasteiger partial charge in [-0.05, 0) is 19.8 Å². The molecule has 1 atom stereocenters. The first-order valence-corrected chi connectivity index (χ1v) is 6.93. The Balaban J connectivity index is 4.50. The molecule has 5 heteroatoms. The zero-order valence-electron chi connectivity index (χ0n) is 12.8. The van der Waals surface area contributed by atoms with Crippen LogP contribution in [0.25, 0.3) is 0 Å². The van der Waals surface area contributed by atoms with Crippen molar-refractivity contribution >= 4 is 5.97 Å². The molecule has 0 fully saturated rings. The second-order valence-electron chi connectivity index (χ2n) is 5.23. The number of aliphatic carboxylic acids is 1. The molecule has 114 valence electrons. The van der Waals surface area contributed by atoms with E-state index in [0.29, 0.717) is 26.2 Å². The van der Waals surface area contributed by atoms with E-state index in [2.05, 4.69) is 4.90 Å². The smallest absolute Gasteiger partial charge is 0.310 e. The van der Waals surface area contributed by atoms with Gasteiger partial charge in [0, 0.05) is 40.5 Å². The Morgan fingerprint density at radius 3 is 2.32 bits per heavy atom. The molecule has 0 rings (SSSR count). The largest absolute Gasteiger partial charge is 0.481 e. The zero-order chi connectivity index (χ0) is 14.7. The van der Waals surface area contributed by atoms with Gasteiger partial charge < -0.3 is 14.6 Å². The Morgan fingerprint density at radius 1 is 1.21 bits per heavy atom. The number of carboxylic acid groups (broad SMARTS) is 1. The summed E-state index contributed by atoms with van der Waals surface area (Å²) in [7, 11) is 3.34. The molecule has 19 heavy (non-hydrogen) atoms. The summed E-state index contributed by atoms with van der Waals surface area (Å²) in [5.41, 5.74) is -0.685. The van der Waals surface area contributed by atoms with Gasteiger partial charge in [-0.2, -0.15) is 0 Å². The molecule has 0 amide bonds. The molecule has 0 aliphatic heterocycles. The number of carboxylic acids is 1. The lowest BCUT2D eigenvalue weighted by atomic mass is 9.85. The van der Waals surface area contributed by atoms with Crippen molar-refractivity contribution in [3.8, 4) is 0 Å². The molecule has 0 aromatic rings. The number of carbonyl (C=O) groups is 1. The van der Waals surface area contributed by atoms with Crippen molar-refractivity contribution in [2.75, 3.05) is 47.1 Å². The van der Waals surface area contributed by atoms with Gasteiger partial charge in [-0.25, -0.2) is 0 Å². The average molecular weight is 275 g/mol. The van der Waals surface area contributed by atoms with Gasteiger partial charge in [-0.1, -0.05) is 13.3 Å². The fraction of sp³-hybridized carbons (Fsp3) is 0.929. The number of ether oxygens (including phenoxy) is 2. The standard InChI is InChI=1S/C14H29NO4/c1-5-7-14(2,13(16)17)12-15(9-11-19-4)8-6-10-18-3/h5-12H2,1-4H3,(H,16,17). The minimum atomic E-state index is -0.719. The minimum Gasteiger partial charge on any atom is -0.481 e. The van der Waals surface area contributed by atoms with Gasteiger partial charge in [0.2, 0.25) is 0 Å². The second-order valence-corrected chi connectivity index (χ2v) is 5.23. The predicted octanol–water partition coefficient (Wildman–Crippen LogP) is 1.86. The van der Waals surface area contributed by atoms with Crippen LogP contribution in [0, 0.1) is 5.41 Å². The Bertz CT molecular complexity index is 248. The Kier molecular flexibility index (Phi) is 9.83. The van der Waals surface area contributed by atoms with Crippen LogP contribution in [0.4, 0.5) is 0 Å². The number of nitrogens with zero attached hydrogens (tertiary/aromatic N) is 1. The minimum absolute atomic E-state index is 0.559. The molecule has 0 aromatic heterocycles. The van der Waals surface area contributed by atoms with Crippen LogP contribution in [0.3, 0.4) is 0 Å². The van der Waals surface area contributed by atoms with E-state index >= 15 is 0 Å². The van der Waals surface area contributed by atoms with Gasteiger partial charge in [0.15, 0.2) is 0 Å². The van der Waals surface area contributed by atoms with Crippen molar-refractivity contribution in [1.82, 2.24) is 4.90 Å². The summed E-state index contributed by atoms with van der Waals surface area (Å²) >= 11 is 0. The molecule has 0 bridgehead atoms. The molecule has 0 aliphatic carbocycles. The van der Waals surface area contributed by atoms with Gasteiger partial charge in [0.25, 0.3) is 0 Å². The molecule has 0 aliphatic rings. The molecule has 0 saturated carbocycles. The Labute approximate surface area is 116 Å². The van der Waals surface area contributed by atoms with Crippen LogP contribution >= 0.6 is 0 Å². The van der Waals surface area contributed by atoms with E-state index in [4.69, 9.17) is 9.47 Å². The number of hydrogen-bond acceptors (Lipinski definition) is 4. The summed E-state index contributed by atoms with van der Waals surface area (Å²) in [5, 5.41) is 9.43. The van der Waals surface area contributed by atoms with Crippen molar-refractivity contribution in [3.05, 3.63) is 0 Å². The number of methoxy groups -OCH3 is 2. The summed E-state index contributed by atoms with van der Waals surface area (Å²) in [5.74, 6) is -0.719. The highest BCUT2D eigenvalue weighted by Crippen LogP contribution is 2.25. The van der Waals surface area contributed by atoms with Crippen LogP contribution in [0.2, 0.25) is 0 Å². The monoisotopic (exact) mass is 275 g/mol. The highest BCUT2D eigenvalue weighted by Gasteiger charge is 2.33. The van der Waals surface area contributed by atoms with Gasteiger partial charge in [0.05, 0.1) is 12.0 Å². The van der Waals surface area contributed by atoms with Crippen LogP contribution in [0.5, 0.6) is 0 Å². The highest BCUT2D eigenvalue weighted by molar-refractivity contribution is 5.74. The average Bonchev–Trinajstić information content (AvgIpc) is 2.36. The quantitative estimate of drug-likeness (QED) is 0.551. The normalized spacial score (nSPS) is 14.6. The van der Waals surface area contributed by atoms with Crippen molar-refractivity contribution < 1.29 is 19.4 Å². The molecule has 1 unspecified atom stereocenters. The van der Waals surface area contributed by atoms with Crippen molar-refractivity contribution in [2.24, 2.45) is 5.41 Å². The third-order valence-corrected chi connectivity index (χ3v) is 3.33. The maximum atomic E-state index is 11.5. The Morgan fingerprint density at radius 2 is 1.84 bits per heavy atom. The molecule has 0 saturated heterocycles. The summed E-state index contributed by atoms with van der Waals surface area (Å²) in [6.07, 6.45) is 2.47. The summed E-state index contributed by atoms with van der Waals surface area (Å²) in [6.45, 7) is 7.32. The molecular weight excluding hydrogens is 246 g/mol. The summed E-state index contributed by atoms with van der Waals surface area (Å²) in [6, 6.07) is 0. The molecule has 0 aromatic carbocycles. The molecule has 0 radical (unpaired) electrons. The molecule has 1 N–H and O–H groups in total. The highest BCUT2D eigenvalue weighted by atomic mass is 16.5. The van der Waals surface area contributed by atoms with Gasteiger partial charge >= 0.3 is 5.97 Å². The molecule has 0 spiro atoms. The van der Waals surface area contributed by atoms with Crippen LogP contribution in [0.1, 0.15) is 33.1 Å². The van der Waals surface area contributed by atoms with Gasteiger partial charge in [-0.3, -0.25) is 9.69 Å².